The highest BCUT2D eigenvalue weighted by Crippen LogP contribution is 2.28. The SMILES string of the molecule is CCOc1cc(C(=O)N[C@@H]2CCCC[C@H]2O)ccc1OC. The summed E-state index contributed by atoms with van der Waals surface area (Å²) in [6, 6.07) is 4.93. The van der Waals surface area contributed by atoms with E-state index in [2.05, 4.69) is 5.32 Å². The van der Waals surface area contributed by atoms with Crippen molar-refractivity contribution in [2.75, 3.05) is 13.7 Å². The topological polar surface area (TPSA) is 67.8 Å². The van der Waals surface area contributed by atoms with Crippen LogP contribution in [0.1, 0.15) is 43.0 Å². The van der Waals surface area contributed by atoms with E-state index in [-0.39, 0.29) is 11.9 Å². The number of rotatable bonds is 5. The molecule has 0 bridgehead atoms. The molecule has 21 heavy (non-hydrogen) atoms. The van der Waals surface area contributed by atoms with Gasteiger partial charge in [0.15, 0.2) is 11.5 Å². The molecule has 1 fully saturated rings. The highest BCUT2D eigenvalue weighted by molar-refractivity contribution is 5.95. The lowest BCUT2D eigenvalue weighted by molar-refractivity contribution is 0.0717. The zero-order valence-corrected chi connectivity index (χ0v) is 12.6. The van der Waals surface area contributed by atoms with E-state index in [0.29, 0.717) is 23.7 Å². The van der Waals surface area contributed by atoms with Crippen molar-refractivity contribution in [2.24, 2.45) is 0 Å². The van der Waals surface area contributed by atoms with Gasteiger partial charge in [0.1, 0.15) is 0 Å². The van der Waals surface area contributed by atoms with Gasteiger partial charge in [0.05, 0.1) is 25.9 Å². The van der Waals surface area contributed by atoms with Crippen molar-refractivity contribution in [1.82, 2.24) is 5.32 Å². The Hall–Kier alpha value is -1.75. The number of carbonyl (C=O) groups excluding carboxylic acids is 1. The summed E-state index contributed by atoms with van der Waals surface area (Å²) in [5.41, 5.74) is 0.511. The molecule has 0 spiro atoms. The molecule has 2 N–H and O–H groups in total. The monoisotopic (exact) mass is 293 g/mol. The molecule has 1 aromatic carbocycles. The van der Waals surface area contributed by atoms with Gasteiger partial charge in [-0.25, -0.2) is 0 Å². The molecule has 0 radical (unpaired) electrons. The van der Waals surface area contributed by atoms with Gasteiger partial charge < -0.3 is 19.9 Å². The summed E-state index contributed by atoms with van der Waals surface area (Å²) in [6.07, 6.45) is 3.17. The quantitative estimate of drug-likeness (QED) is 0.872. The maximum absolute atomic E-state index is 12.3. The second-order valence-electron chi connectivity index (χ2n) is 5.23. The van der Waals surface area contributed by atoms with Crippen molar-refractivity contribution in [2.45, 2.75) is 44.8 Å². The van der Waals surface area contributed by atoms with Gasteiger partial charge >= 0.3 is 0 Å². The molecule has 0 aliphatic heterocycles. The van der Waals surface area contributed by atoms with Gasteiger partial charge in [0.25, 0.3) is 5.91 Å². The van der Waals surface area contributed by atoms with Crippen LogP contribution in [0.15, 0.2) is 18.2 Å². The number of nitrogens with one attached hydrogen (secondary N) is 1. The second-order valence-corrected chi connectivity index (χ2v) is 5.23. The fraction of sp³-hybridized carbons (Fsp3) is 0.562. The molecule has 0 heterocycles. The Kier molecular flexibility index (Phi) is 5.44. The summed E-state index contributed by atoms with van der Waals surface area (Å²) >= 11 is 0. The number of methoxy groups -OCH3 is 1. The third-order valence-electron chi connectivity index (χ3n) is 3.77. The summed E-state index contributed by atoms with van der Waals surface area (Å²) < 4.78 is 10.7. The van der Waals surface area contributed by atoms with E-state index >= 15 is 0 Å². The molecule has 1 amide bonds. The predicted molar refractivity (Wildman–Crippen MR) is 79.9 cm³/mol. The van der Waals surface area contributed by atoms with E-state index < -0.39 is 6.10 Å². The molecule has 0 aromatic heterocycles. The van der Waals surface area contributed by atoms with Crippen molar-refractivity contribution in [1.29, 1.82) is 0 Å². The van der Waals surface area contributed by atoms with Crippen LogP contribution in [0.2, 0.25) is 0 Å². The van der Waals surface area contributed by atoms with Crippen LogP contribution in [0.5, 0.6) is 11.5 Å². The first-order chi connectivity index (χ1) is 10.2. The number of ether oxygens (including phenoxy) is 2. The van der Waals surface area contributed by atoms with Crippen LogP contribution in [0.3, 0.4) is 0 Å². The van der Waals surface area contributed by atoms with Crippen LogP contribution in [0.25, 0.3) is 0 Å². The zero-order chi connectivity index (χ0) is 15.2. The van der Waals surface area contributed by atoms with Crippen molar-refractivity contribution < 1.29 is 19.4 Å². The van der Waals surface area contributed by atoms with Crippen molar-refractivity contribution in [3.63, 3.8) is 0 Å². The Bertz CT molecular complexity index is 489. The molecule has 1 aromatic rings. The molecule has 0 unspecified atom stereocenters. The molecule has 1 aliphatic carbocycles. The first-order valence-corrected chi connectivity index (χ1v) is 7.45. The number of amides is 1. The van der Waals surface area contributed by atoms with E-state index in [1.165, 1.54) is 0 Å². The average Bonchev–Trinajstić information content (AvgIpc) is 2.50. The second kappa shape index (κ2) is 7.31. The zero-order valence-electron chi connectivity index (χ0n) is 12.6. The minimum absolute atomic E-state index is 0.163. The molecule has 2 rings (SSSR count). The molecule has 0 saturated heterocycles. The van der Waals surface area contributed by atoms with Gasteiger partial charge in [0.2, 0.25) is 0 Å². The first-order valence-electron chi connectivity index (χ1n) is 7.45. The predicted octanol–water partition coefficient (Wildman–Crippen LogP) is 2.13. The smallest absolute Gasteiger partial charge is 0.251 e. The summed E-state index contributed by atoms with van der Waals surface area (Å²) in [6.45, 7) is 2.38. The van der Waals surface area contributed by atoms with Gasteiger partial charge in [-0.15, -0.1) is 0 Å². The van der Waals surface area contributed by atoms with Crippen molar-refractivity contribution >= 4 is 5.91 Å². The lowest BCUT2D eigenvalue weighted by atomic mass is 9.92. The number of hydrogen-bond donors (Lipinski definition) is 2. The third kappa shape index (κ3) is 3.88. The molecule has 116 valence electrons. The molecular formula is C16H23NO4. The Morgan fingerprint density at radius 3 is 2.76 bits per heavy atom. The fourth-order valence-corrected chi connectivity index (χ4v) is 2.62. The minimum atomic E-state index is -0.452. The number of carbonyl (C=O) groups is 1. The number of benzene rings is 1. The van der Waals surface area contributed by atoms with E-state index in [4.69, 9.17) is 9.47 Å². The molecule has 5 nitrogen and oxygen atoms in total. The van der Waals surface area contributed by atoms with E-state index in [1.54, 1.807) is 25.3 Å². The highest BCUT2D eigenvalue weighted by atomic mass is 16.5. The summed E-state index contributed by atoms with van der Waals surface area (Å²) in [7, 11) is 1.57. The maximum atomic E-state index is 12.3. The lowest BCUT2D eigenvalue weighted by Gasteiger charge is -2.28. The first kappa shape index (κ1) is 15.6. The Morgan fingerprint density at radius 2 is 2.10 bits per heavy atom. The normalized spacial score (nSPS) is 21.7. The maximum Gasteiger partial charge on any atom is 0.251 e. The van der Waals surface area contributed by atoms with Crippen molar-refractivity contribution in [3.05, 3.63) is 23.8 Å². The van der Waals surface area contributed by atoms with E-state index in [0.717, 1.165) is 25.7 Å². The Morgan fingerprint density at radius 1 is 1.33 bits per heavy atom. The van der Waals surface area contributed by atoms with Crippen LogP contribution in [-0.4, -0.2) is 36.9 Å². The standard InChI is InChI=1S/C16H23NO4/c1-3-21-15-10-11(8-9-14(15)20-2)16(19)17-12-6-4-5-7-13(12)18/h8-10,12-13,18H,3-7H2,1-2H3,(H,17,19)/t12-,13-/m1/s1. The van der Waals surface area contributed by atoms with Crippen LogP contribution in [-0.2, 0) is 0 Å². The highest BCUT2D eigenvalue weighted by Gasteiger charge is 2.25. The van der Waals surface area contributed by atoms with Gasteiger partial charge in [-0.1, -0.05) is 12.8 Å². The largest absolute Gasteiger partial charge is 0.493 e. The van der Waals surface area contributed by atoms with Gasteiger partial charge in [-0.05, 0) is 38.0 Å². The van der Waals surface area contributed by atoms with E-state index in [1.807, 2.05) is 6.92 Å². The Labute approximate surface area is 125 Å². The summed E-state index contributed by atoms with van der Waals surface area (Å²) in [5.74, 6) is 0.965. The van der Waals surface area contributed by atoms with Crippen LogP contribution < -0.4 is 14.8 Å². The number of aliphatic hydroxyl groups is 1. The molecule has 1 aliphatic rings. The number of hydrogen-bond acceptors (Lipinski definition) is 4. The fourth-order valence-electron chi connectivity index (χ4n) is 2.62. The van der Waals surface area contributed by atoms with Crippen LogP contribution >= 0.6 is 0 Å². The third-order valence-corrected chi connectivity index (χ3v) is 3.77. The minimum Gasteiger partial charge on any atom is -0.493 e. The molecule has 2 atom stereocenters. The van der Waals surface area contributed by atoms with Gasteiger partial charge in [0, 0.05) is 5.56 Å². The van der Waals surface area contributed by atoms with Crippen molar-refractivity contribution in [3.8, 4) is 11.5 Å². The summed E-state index contributed by atoms with van der Waals surface area (Å²) in [4.78, 5) is 12.3. The molecule has 1 saturated carbocycles. The van der Waals surface area contributed by atoms with Gasteiger partial charge in [-0.3, -0.25) is 4.79 Å². The molecular weight excluding hydrogens is 270 g/mol. The Balaban J connectivity index is 2.09. The van der Waals surface area contributed by atoms with Crippen LogP contribution in [0.4, 0.5) is 0 Å². The van der Waals surface area contributed by atoms with Gasteiger partial charge in [-0.2, -0.15) is 0 Å². The molecule has 5 heteroatoms. The lowest BCUT2D eigenvalue weighted by Crippen LogP contribution is -2.45. The summed E-state index contributed by atoms with van der Waals surface area (Å²) in [5, 5.41) is 12.8. The van der Waals surface area contributed by atoms with E-state index in [9.17, 15) is 9.90 Å². The number of aliphatic hydroxyl groups excluding tert-OH is 1. The van der Waals surface area contributed by atoms with Crippen LogP contribution in [0, 0.1) is 0 Å². The average molecular weight is 293 g/mol.